The molecule has 1 atom stereocenters. The Balaban J connectivity index is 2.10. The van der Waals surface area contributed by atoms with Gasteiger partial charge in [0.05, 0.1) is 5.92 Å². The van der Waals surface area contributed by atoms with Gasteiger partial charge in [0.2, 0.25) is 5.91 Å². The molecule has 110 valence electrons. The van der Waals surface area contributed by atoms with Gasteiger partial charge < -0.3 is 10.6 Å². The summed E-state index contributed by atoms with van der Waals surface area (Å²) in [6.07, 6.45) is 0. The zero-order valence-corrected chi connectivity index (χ0v) is 12.0. The smallest absolute Gasteiger partial charge is 0.231 e. The van der Waals surface area contributed by atoms with Crippen molar-refractivity contribution in [2.24, 2.45) is 5.73 Å². The summed E-state index contributed by atoms with van der Waals surface area (Å²) in [6, 6.07) is 15.7. The van der Waals surface area contributed by atoms with Crippen LogP contribution in [0.15, 0.2) is 54.6 Å². The molecular formula is C17H19FN2O. The number of nitrogens with zero attached hydrogens (tertiary/aromatic N) is 1. The maximum atomic E-state index is 13.2. The Bertz CT molecular complexity index is 601. The van der Waals surface area contributed by atoms with Crippen LogP contribution in [0.4, 0.5) is 4.39 Å². The second-order valence-electron chi connectivity index (χ2n) is 5.02. The highest BCUT2D eigenvalue weighted by atomic mass is 19.1. The number of halogens is 1. The Morgan fingerprint density at radius 2 is 1.90 bits per heavy atom. The van der Waals surface area contributed by atoms with Gasteiger partial charge in [0.15, 0.2) is 0 Å². The van der Waals surface area contributed by atoms with Crippen LogP contribution in [-0.4, -0.2) is 24.4 Å². The van der Waals surface area contributed by atoms with E-state index in [4.69, 9.17) is 5.73 Å². The number of benzene rings is 2. The molecule has 0 spiro atoms. The van der Waals surface area contributed by atoms with Crippen LogP contribution in [-0.2, 0) is 11.3 Å². The summed E-state index contributed by atoms with van der Waals surface area (Å²) in [7, 11) is 1.71. The molecule has 0 saturated heterocycles. The van der Waals surface area contributed by atoms with Gasteiger partial charge in [-0.05, 0) is 23.3 Å². The summed E-state index contributed by atoms with van der Waals surface area (Å²) in [5, 5.41) is 0. The van der Waals surface area contributed by atoms with Gasteiger partial charge in [-0.3, -0.25) is 4.79 Å². The number of nitrogens with two attached hydrogens (primary N) is 1. The van der Waals surface area contributed by atoms with E-state index in [1.807, 2.05) is 30.3 Å². The number of likely N-dealkylation sites (N-methyl/N-ethyl adjacent to an activating group) is 1. The molecular weight excluding hydrogens is 267 g/mol. The predicted octanol–water partition coefficient (Wildman–Crippen LogP) is 2.53. The molecule has 2 N–H and O–H groups in total. The first-order valence-electron chi connectivity index (χ1n) is 6.86. The van der Waals surface area contributed by atoms with Crippen molar-refractivity contribution in [2.45, 2.75) is 12.5 Å². The fraction of sp³-hybridized carbons (Fsp3) is 0.235. The highest BCUT2D eigenvalue weighted by Gasteiger charge is 2.22. The van der Waals surface area contributed by atoms with Crippen molar-refractivity contribution in [3.8, 4) is 0 Å². The minimum Gasteiger partial charge on any atom is -0.341 e. The van der Waals surface area contributed by atoms with E-state index in [2.05, 4.69) is 0 Å². The van der Waals surface area contributed by atoms with Crippen LogP contribution >= 0.6 is 0 Å². The molecule has 0 aliphatic rings. The average molecular weight is 286 g/mol. The number of rotatable bonds is 5. The third kappa shape index (κ3) is 3.89. The van der Waals surface area contributed by atoms with E-state index >= 15 is 0 Å². The van der Waals surface area contributed by atoms with Crippen LogP contribution in [0.3, 0.4) is 0 Å². The SMILES string of the molecule is CN(Cc1cccc(F)c1)C(=O)C(CN)c1ccccc1. The zero-order valence-electron chi connectivity index (χ0n) is 12.0. The molecule has 0 saturated carbocycles. The van der Waals surface area contributed by atoms with E-state index in [1.165, 1.54) is 12.1 Å². The lowest BCUT2D eigenvalue weighted by atomic mass is 9.97. The predicted molar refractivity (Wildman–Crippen MR) is 81.1 cm³/mol. The van der Waals surface area contributed by atoms with Gasteiger partial charge >= 0.3 is 0 Å². The second-order valence-corrected chi connectivity index (χ2v) is 5.02. The first-order chi connectivity index (χ1) is 10.1. The van der Waals surface area contributed by atoms with Crippen molar-refractivity contribution in [1.29, 1.82) is 0 Å². The third-order valence-corrected chi connectivity index (χ3v) is 3.42. The number of hydrogen-bond donors (Lipinski definition) is 1. The summed E-state index contributed by atoms with van der Waals surface area (Å²) in [5.74, 6) is -0.732. The molecule has 1 amide bonds. The van der Waals surface area contributed by atoms with Crippen molar-refractivity contribution in [3.05, 3.63) is 71.5 Å². The molecule has 0 aliphatic carbocycles. The maximum absolute atomic E-state index is 13.2. The molecule has 0 fully saturated rings. The van der Waals surface area contributed by atoms with Crippen molar-refractivity contribution < 1.29 is 9.18 Å². The molecule has 0 radical (unpaired) electrons. The maximum Gasteiger partial charge on any atom is 0.231 e. The number of carbonyl (C=O) groups excluding carboxylic acids is 1. The van der Waals surface area contributed by atoms with Crippen molar-refractivity contribution in [3.63, 3.8) is 0 Å². The molecule has 0 bridgehead atoms. The van der Waals surface area contributed by atoms with E-state index in [9.17, 15) is 9.18 Å². The first kappa shape index (κ1) is 15.2. The molecule has 2 rings (SSSR count). The van der Waals surface area contributed by atoms with E-state index in [0.717, 1.165) is 11.1 Å². The van der Waals surface area contributed by atoms with E-state index in [0.29, 0.717) is 6.54 Å². The van der Waals surface area contributed by atoms with Crippen LogP contribution in [0.25, 0.3) is 0 Å². The summed E-state index contributed by atoms with van der Waals surface area (Å²) in [6.45, 7) is 0.607. The molecule has 0 heterocycles. The molecule has 0 aliphatic heterocycles. The molecule has 21 heavy (non-hydrogen) atoms. The summed E-state index contributed by atoms with van der Waals surface area (Å²) >= 11 is 0. The van der Waals surface area contributed by atoms with Crippen LogP contribution in [0.2, 0.25) is 0 Å². The Kier molecular flexibility index (Phi) is 5.06. The molecule has 2 aromatic rings. The van der Waals surface area contributed by atoms with Gasteiger partial charge in [0, 0.05) is 20.1 Å². The van der Waals surface area contributed by atoms with Crippen LogP contribution < -0.4 is 5.73 Å². The Hall–Kier alpha value is -2.20. The highest BCUT2D eigenvalue weighted by molar-refractivity contribution is 5.83. The van der Waals surface area contributed by atoms with Crippen LogP contribution in [0, 0.1) is 5.82 Å². The largest absolute Gasteiger partial charge is 0.341 e. The summed E-state index contributed by atoms with van der Waals surface area (Å²) < 4.78 is 13.2. The fourth-order valence-corrected chi connectivity index (χ4v) is 2.32. The number of carbonyl (C=O) groups is 1. The van der Waals surface area contributed by atoms with E-state index < -0.39 is 0 Å². The Morgan fingerprint density at radius 1 is 1.19 bits per heavy atom. The monoisotopic (exact) mass is 286 g/mol. The lowest BCUT2D eigenvalue weighted by Crippen LogP contribution is -2.34. The molecule has 3 nitrogen and oxygen atoms in total. The fourth-order valence-electron chi connectivity index (χ4n) is 2.32. The normalized spacial score (nSPS) is 12.0. The second kappa shape index (κ2) is 6.99. The van der Waals surface area contributed by atoms with Gasteiger partial charge in [-0.1, -0.05) is 42.5 Å². The molecule has 4 heteroatoms. The zero-order chi connectivity index (χ0) is 15.2. The topological polar surface area (TPSA) is 46.3 Å². The summed E-state index contributed by atoms with van der Waals surface area (Å²) in [4.78, 5) is 14.1. The van der Waals surface area contributed by atoms with Crippen molar-refractivity contribution in [1.82, 2.24) is 4.90 Å². The minimum absolute atomic E-state index is 0.0621. The highest BCUT2D eigenvalue weighted by Crippen LogP contribution is 2.18. The Labute approximate surface area is 124 Å². The van der Waals surface area contributed by atoms with Gasteiger partial charge in [-0.15, -0.1) is 0 Å². The Morgan fingerprint density at radius 3 is 2.52 bits per heavy atom. The number of hydrogen-bond acceptors (Lipinski definition) is 2. The standard InChI is InChI=1S/C17H19FN2O/c1-20(12-13-6-5-9-15(18)10-13)17(21)16(11-19)14-7-3-2-4-8-14/h2-10,16H,11-12,19H2,1H3. The lowest BCUT2D eigenvalue weighted by Gasteiger charge is -2.23. The van der Waals surface area contributed by atoms with Gasteiger partial charge in [-0.2, -0.15) is 0 Å². The molecule has 0 aromatic heterocycles. The summed E-state index contributed by atoms with van der Waals surface area (Å²) in [5.41, 5.74) is 7.41. The van der Waals surface area contributed by atoms with Crippen LogP contribution in [0.1, 0.15) is 17.0 Å². The van der Waals surface area contributed by atoms with Crippen molar-refractivity contribution in [2.75, 3.05) is 13.6 Å². The van der Waals surface area contributed by atoms with Gasteiger partial charge in [-0.25, -0.2) is 4.39 Å². The van der Waals surface area contributed by atoms with Crippen LogP contribution in [0.5, 0.6) is 0 Å². The van der Waals surface area contributed by atoms with E-state index in [-0.39, 0.29) is 24.2 Å². The van der Waals surface area contributed by atoms with Gasteiger partial charge in [0.25, 0.3) is 0 Å². The quantitative estimate of drug-likeness (QED) is 0.918. The minimum atomic E-state index is -0.371. The van der Waals surface area contributed by atoms with Crippen molar-refractivity contribution >= 4 is 5.91 Å². The molecule has 2 aromatic carbocycles. The van der Waals surface area contributed by atoms with E-state index in [1.54, 1.807) is 24.1 Å². The molecule has 1 unspecified atom stereocenters. The lowest BCUT2D eigenvalue weighted by molar-refractivity contribution is -0.131. The third-order valence-electron chi connectivity index (χ3n) is 3.42. The van der Waals surface area contributed by atoms with Gasteiger partial charge in [0.1, 0.15) is 5.82 Å². The average Bonchev–Trinajstić information content (AvgIpc) is 2.49. The number of amides is 1. The first-order valence-corrected chi connectivity index (χ1v) is 6.86.